The molecule has 0 atom stereocenters. The van der Waals surface area contributed by atoms with Crippen molar-refractivity contribution in [3.63, 3.8) is 0 Å². The topological polar surface area (TPSA) is 111 Å². The Labute approximate surface area is 133 Å². The van der Waals surface area contributed by atoms with Crippen molar-refractivity contribution in [2.75, 3.05) is 11.5 Å². The summed E-state index contributed by atoms with van der Waals surface area (Å²) < 4.78 is 2.71. The Bertz CT molecular complexity index is 984. The minimum Gasteiger partial charge on any atom is -0.399 e. The van der Waals surface area contributed by atoms with Gasteiger partial charge < -0.3 is 11.5 Å². The van der Waals surface area contributed by atoms with E-state index in [9.17, 15) is 0 Å². The van der Waals surface area contributed by atoms with Crippen molar-refractivity contribution in [3.05, 3.63) is 35.7 Å². The van der Waals surface area contributed by atoms with Crippen LogP contribution in [-0.4, -0.2) is 24.7 Å². The molecular weight excluding hydrogens is 322 g/mol. The van der Waals surface area contributed by atoms with Crippen LogP contribution in [0, 0.1) is 0 Å². The van der Waals surface area contributed by atoms with Crippen molar-refractivity contribution in [3.8, 4) is 17.1 Å². The second-order valence-corrected chi connectivity index (χ2v) is 6.10. The molecule has 5 N–H and O–H groups in total. The third-order valence-corrected chi connectivity index (χ3v) is 4.44. The van der Waals surface area contributed by atoms with E-state index >= 15 is 0 Å². The smallest absolute Gasteiger partial charge is 0.182 e. The van der Waals surface area contributed by atoms with Gasteiger partial charge in [-0.15, -0.1) is 0 Å². The van der Waals surface area contributed by atoms with Crippen molar-refractivity contribution in [2.45, 2.75) is 0 Å². The van der Waals surface area contributed by atoms with Gasteiger partial charge in [0.15, 0.2) is 16.6 Å². The summed E-state index contributed by atoms with van der Waals surface area (Å²) in [4.78, 5) is 8.38. The number of halogens is 1. The van der Waals surface area contributed by atoms with Crippen LogP contribution in [0.2, 0.25) is 5.02 Å². The van der Waals surface area contributed by atoms with Gasteiger partial charge in [0.2, 0.25) is 0 Å². The van der Waals surface area contributed by atoms with E-state index in [1.54, 1.807) is 24.7 Å². The van der Waals surface area contributed by atoms with Crippen LogP contribution in [0.25, 0.3) is 27.4 Å². The van der Waals surface area contributed by atoms with E-state index in [1.807, 2.05) is 10.6 Å². The lowest BCUT2D eigenvalue weighted by Gasteiger charge is -2.07. The number of fused-ring (bicyclic) bond motifs is 1. The van der Waals surface area contributed by atoms with Crippen molar-refractivity contribution < 1.29 is 0 Å². The molecule has 4 aromatic rings. The molecule has 0 amide bonds. The van der Waals surface area contributed by atoms with Gasteiger partial charge in [-0.2, -0.15) is 5.10 Å². The minimum atomic E-state index is 0.483. The molecule has 0 saturated carbocycles. The number of benzene rings is 1. The summed E-state index contributed by atoms with van der Waals surface area (Å²) in [6.45, 7) is 0. The molecule has 0 bridgehead atoms. The van der Waals surface area contributed by atoms with Gasteiger partial charge in [-0.1, -0.05) is 22.9 Å². The molecule has 0 spiro atoms. The molecule has 7 nitrogen and oxygen atoms in total. The van der Waals surface area contributed by atoms with E-state index in [4.69, 9.17) is 23.1 Å². The van der Waals surface area contributed by atoms with Crippen LogP contribution >= 0.6 is 22.9 Å². The summed E-state index contributed by atoms with van der Waals surface area (Å²) in [5, 5.41) is 8.20. The lowest BCUT2D eigenvalue weighted by Crippen LogP contribution is -1.97. The zero-order valence-corrected chi connectivity index (χ0v) is 12.7. The number of nitrogens with one attached hydrogen (secondary N) is 1. The molecular formula is C13H10ClN7S. The zero-order chi connectivity index (χ0) is 15.3. The third-order valence-electron chi connectivity index (χ3n) is 3.25. The van der Waals surface area contributed by atoms with Gasteiger partial charge in [0.05, 0.1) is 16.9 Å². The molecule has 0 radical (unpaired) electrons. The Balaban J connectivity index is 1.93. The van der Waals surface area contributed by atoms with Crippen LogP contribution in [0.1, 0.15) is 0 Å². The summed E-state index contributed by atoms with van der Waals surface area (Å²) in [6.07, 6.45) is 3.40. The Morgan fingerprint density at radius 3 is 2.95 bits per heavy atom. The van der Waals surface area contributed by atoms with Crippen LogP contribution in [-0.2, 0) is 0 Å². The molecule has 0 aliphatic carbocycles. The van der Waals surface area contributed by atoms with Gasteiger partial charge in [-0.05, 0) is 18.2 Å². The predicted molar refractivity (Wildman–Crippen MR) is 88.2 cm³/mol. The van der Waals surface area contributed by atoms with Crippen molar-refractivity contribution in [1.29, 1.82) is 0 Å². The lowest BCUT2D eigenvalue weighted by molar-refractivity contribution is 0.968. The highest BCUT2D eigenvalue weighted by Gasteiger charge is 2.17. The number of hydrogen-bond acceptors (Lipinski definition) is 6. The van der Waals surface area contributed by atoms with Gasteiger partial charge in [-0.25, -0.2) is 9.97 Å². The summed E-state index contributed by atoms with van der Waals surface area (Å²) in [5.74, 6) is 0.685. The second kappa shape index (κ2) is 4.72. The largest absolute Gasteiger partial charge is 0.399 e. The average molecular weight is 332 g/mol. The molecule has 0 fully saturated rings. The van der Waals surface area contributed by atoms with Crippen molar-refractivity contribution in [1.82, 2.24) is 24.7 Å². The van der Waals surface area contributed by atoms with Gasteiger partial charge in [0, 0.05) is 11.3 Å². The van der Waals surface area contributed by atoms with E-state index < -0.39 is 0 Å². The normalized spacial score (nSPS) is 11.3. The second-order valence-electron chi connectivity index (χ2n) is 4.67. The molecule has 0 unspecified atom stereocenters. The molecule has 0 saturated heterocycles. The first-order valence-electron chi connectivity index (χ1n) is 6.32. The molecule has 1 aromatic carbocycles. The van der Waals surface area contributed by atoms with Crippen LogP contribution in [0.15, 0.2) is 30.7 Å². The zero-order valence-electron chi connectivity index (χ0n) is 11.1. The number of nitrogen functional groups attached to an aromatic ring is 2. The van der Waals surface area contributed by atoms with Crippen LogP contribution in [0.5, 0.6) is 0 Å². The summed E-state index contributed by atoms with van der Waals surface area (Å²) in [5.41, 5.74) is 14.4. The third kappa shape index (κ3) is 1.92. The maximum absolute atomic E-state index is 6.30. The highest BCUT2D eigenvalue weighted by atomic mass is 35.5. The first-order valence-corrected chi connectivity index (χ1v) is 7.51. The van der Waals surface area contributed by atoms with Gasteiger partial charge in [0.1, 0.15) is 11.0 Å². The molecule has 110 valence electrons. The number of H-pyrrole nitrogens is 1. The van der Waals surface area contributed by atoms with Gasteiger partial charge in [-0.3, -0.25) is 9.67 Å². The Morgan fingerprint density at radius 2 is 2.14 bits per heavy atom. The Hall–Kier alpha value is -2.58. The summed E-state index contributed by atoms with van der Waals surface area (Å²) in [7, 11) is 0. The number of anilines is 2. The van der Waals surface area contributed by atoms with Crippen LogP contribution in [0.4, 0.5) is 10.8 Å². The number of nitrogens with two attached hydrogens (primary N) is 2. The van der Waals surface area contributed by atoms with E-state index in [-0.39, 0.29) is 0 Å². The molecule has 4 rings (SSSR count). The maximum atomic E-state index is 6.30. The molecule has 3 aromatic heterocycles. The van der Waals surface area contributed by atoms with Gasteiger partial charge in [0.25, 0.3) is 0 Å². The molecule has 0 aliphatic heterocycles. The Morgan fingerprint density at radius 1 is 1.27 bits per heavy atom. The molecule has 0 aliphatic rings. The highest BCUT2D eigenvalue weighted by Crippen LogP contribution is 2.33. The van der Waals surface area contributed by atoms with E-state index in [0.29, 0.717) is 27.3 Å². The summed E-state index contributed by atoms with van der Waals surface area (Å²) in [6, 6.07) is 5.36. The minimum absolute atomic E-state index is 0.483. The fraction of sp³-hybridized carbons (Fsp3) is 0. The standard InChI is InChI=1S/C13H10ClN7S/c14-8-3-6(15)1-2-7(8)9-4-17-5-21(9)12-10-11(19-20-12)18-13(16)22-10/h1-5H,15H2,(H3,16,18,19,20). The first kappa shape index (κ1) is 13.1. The van der Waals surface area contributed by atoms with Crippen LogP contribution in [0.3, 0.4) is 0 Å². The van der Waals surface area contributed by atoms with Gasteiger partial charge >= 0.3 is 0 Å². The van der Waals surface area contributed by atoms with Crippen LogP contribution < -0.4 is 11.5 Å². The number of rotatable bonds is 2. The highest BCUT2D eigenvalue weighted by molar-refractivity contribution is 7.22. The average Bonchev–Trinajstić information content (AvgIpc) is 3.13. The maximum Gasteiger partial charge on any atom is 0.182 e. The fourth-order valence-electron chi connectivity index (χ4n) is 2.29. The predicted octanol–water partition coefficient (Wildman–Crippen LogP) is 2.69. The number of thiazole rings is 1. The number of hydrogen-bond donors (Lipinski definition) is 3. The van der Waals surface area contributed by atoms with Crippen molar-refractivity contribution >= 4 is 44.1 Å². The Kier molecular flexibility index (Phi) is 2.81. The van der Waals surface area contributed by atoms with E-state index in [0.717, 1.165) is 16.0 Å². The number of nitrogens with zero attached hydrogens (tertiary/aromatic N) is 4. The number of aromatic nitrogens is 5. The summed E-state index contributed by atoms with van der Waals surface area (Å²) >= 11 is 7.66. The monoisotopic (exact) mass is 331 g/mol. The molecule has 9 heteroatoms. The number of imidazole rings is 1. The quantitative estimate of drug-likeness (QED) is 0.489. The van der Waals surface area contributed by atoms with E-state index in [1.165, 1.54) is 11.3 Å². The lowest BCUT2D eigenvalue weighted by atomic mass is 10.1. The molecule has 22 heavy (non-hydrogen) atoms. The fourth-order valence-corrected chi connectivity index (χ4v) is 3.34. The van der Waals surface area contributed by atoms with Crippen molar-refractivity contribution in [2.24, 2.45) is 0 Å². The SMILES string of the molecule is Nc1ccc(-c2cncn2-c2n[nH]c3nc(N)sc23)c(Cl)c1. The molecule has 3 heterocycles. The number of aromatic amines is 1. The van der Waals surface area contributed by atoms with E-state index in [2.05, 4.69) is 20.2 Å². The first-order chi connectivity index (χ1) is 10.6.